The Labute approximate surface area is 330 Å². The van der Waals surface area contributed by atoms with Gasteiger partial charge in [-0.25, -0.2) is 15.0 Å². The highest BCUT2D eigenvalue weighted by Crippen LogP contribution is 2.45. The average molecular weight is 747 g/mol. The van der Waals surface area contributed by atoms with E-state index in [2.05, 4.69) is 126 Å². The van der Waals surface area contributed by atoms with Crippen LogP contribution in [0.4, 0.5) is 0 Å². The Morgan fingerprint density at radius 2 is 0.930 bits per heavy atom. The smallest absolute Gasteiger partial charge is 0.165 e. The van der Waals surface area contributed by atoms with Crippen molar-refractivity contribution in [2.45, 2.75) is 0 Å². The molecule has 0 bridgehead atoms. The van der Waals surface area contributed by atoms with Gasteiger partial charge in [-0.05, 0) is 53.6 Å². The molecular weight excluding hydrogens is 717 g/mol. The summed E-state index contributed by atoms with van der Waals surface area (Å²) < 4.78 is 11.3. The second-order valence-corrected chi connectivity index (χ2v) is 15.4. The molecule has 57 heavy (non-hydrogen) atoms. The molecule has 0 saturated heterocycles. The fourth-order valence-corrected chi connectivity index (χ4v) is 9.77. The van der Waals surface area contributed by atoms with Crippen LogP contribution in [-0.4, -0.2) is 19.5 Å². The predicted octanol–water partition coefficient (Wildman–Crippen LogP) is 13.9. The van der Waals surface area contributed by atoms with Crippen LogP contribution in [0.3, 0.4) is 0 Å². The Morgan fingerprint density at radius 3 is 1.60 bits per heavy atom. The largest absolute Gasteiger partial charge is 0.456 e. The molecule has 6 heteroatoms. The Balaban J connectivity index is 0.996. The Hall–Kier alpha value is -7.41. The maximum Gasteiger partial charge on any atom is 0.165 e. The summed E-state index contributed by atoms with van der Waals surface area (Å²) in [7, 11) is 0. The van der Waals surface area contributed by atoms with Crippen LogP contribution in [0, 0.1) is 0 Å². The molecule has 12 aromatic rings. The number of thiophene rings is 1. The zero-order chi connectivity index (χ0) is 37.5. The summed E-state index contributed by atoms with van der Waals surface area (Å²) >= 11 is 1.79. The van der Waals surface area contributed by atoms with E-state index >= 15 is 0 Å². The van der Waals surface area contributed by atoms with E-state index in [0.717, 1.165) is 54.6 Å². The minimum atomic E-state index is 0.654. The van der Waals surface area contributed by atoms with Crippen molar-refractivity contribution in [1.82, 2.24) is 19.5 Å². The molecule has 0 amide bonds. The first-order valence-corrected chi connectivity index (χ1v) is 19.8. The molecule has 4 heterocycles. The van der Waals surface area contributed by atoms with Crippen LogP contribution < -0.4 is 0 Å². The van der Waals surface area contributed by atoms with Gasteiger partial charge in [0.2, 0.25) is 0 Å². The monoisotopic (exact) mass is 746 g/mol. The van der Waals surface area contributed by atoms with Crippen LogP contribution in [0.2, 0.25) is 0 Å². The zero-order valence-electron chi connectivity index (χ0n) is 30.4. The predicted molar refractivity (Wildman–Crippen MR) is 236 cm³/mol. The lowest BCUT2D eigenvalue weighted by atomic mass is 10.00. The van der Waals surface area contributed by atoms with E-state index in [1.807, 2.05) is 60.7 Å². The topological polar surface area (TPSA) is 56.7 Å². The molecule has 4 aromatic heterocycles. The van der Waals surface area contributed by atoms with E-state index in [4.69, 9.17) is 19.4 Å². The van der Waals surface area contributed by atoms with Crippen molar-refractivity contribution in [3.8, 4) is 51.0 Å². The SMILES string of the molecule is c1ccc(-c2nc(-c3ccccc3)nc(-c3cccc4c3sc3c(-c5ccc6oc7cc(-n8c9ccccc9c9ccccc98)ccc7c6c5)cccc34)n2)cc1. The first-order chi connectivity index (χ1) is 28.2. The first kappa shape index (κ1) is 31.9. The number of fused-ring (bicyclic) bond motifs is 9. The number of nitrogens with zero attached hydrogens (tertiary/aromatic N) is 4. The van der Waals surface area contributed by atoms with Gasteiger partial charge in [-0.3, -0.25) is 0 Å². The van der Waals surface area contributed by atoms with Gasteiger partial charge in [0.15, 0.2) is 17.5 Å². The fraction of sp³-hybridized carbons (Fsp3) is 0. The summed E-state index contributed by atoms with van der Waals surface area (Å²) in [5.41, 5.74) is 10.4. The molecule has 5 nitrogen and oxygen atoms in total. The molecule has 8 aromatic carbocycles. The molecular formula is C51H30N4OS. The first-order valence-electron chi connectivity index (χ1n) is 19.0. The fourth-order valence-electron chi connectivity index (χ4n) is 8.43. The van der Waals surface area contributed by atoms with Gasteiger partial charge in [0.25, 0.3) is 0 Å². The Kier molecular flexibility index (Phi) is 7.03. The Bertz CT molecular complexity index is 3420. The average Bonchev–Trinajstić information content (AvgIpc) is 3.96. The van der Waals surface area contributed by atoms with Crippen molar-refractivity contribution < 1.29 is 4.42 Å². The summed E-state index contributed by atoms with van der Waals surface area (Å²) in [6, 6.07) is 63.7. The summed E-state index contributed by atoms with van der Waals surface area (Å²) in [6.45, 7) is 0. The molecule has 0 saturated carbocycles. The molecule has 0 atom stereocenters. The number of furan rings is 1. The third kappa shape index (κ3) is 5.04. The number of hydrogen-bond donors (Lipinski definition) is 0. The van der Waals surface area contributed by atoms with Crippen molar-refractivity contribution in [2.24, 2.45) is 0 Å². The molecule has 0 unspecified atom stereocenters. The van der Waals surface area contributed by atoms with Gasteiger partial charge in [0.05, 0.1) is 11.0 Å². The summed E-state index contributed by atoms with van der Waals surface area (Å²) in [5.74, 6) is 1.97. The number of rotatable bonds is 5. The third-order valence-electron chi connectivity index (χ3n) is 11.1. The zero-order valence-corrected chi connectivity index (χ0v) is 31.2. The second-order valence-electron chi connectivity index (χ2n) is 14.4. The van der Waals surface area contributed by atoms with Gasteiger partial charge in [-0.1, -0.05) is 133 Å². The van der Waals surface area contributed by atoms with Crippen molar-refractivity contribution in [3.05, 3.63) is 182 Å². The van der Waals surface area contributed by atoms with Gasteiger partial charge in [-0.15, -0.1) is 11.3 Å². The van der Waals surface area contributed by atoms with Crippen molar-refractivity contribution in [3.63, 3.8) is 0 Å². The minimum Gasteiger partial charge on any atom is -0.456 e. The highest BCUT2D eigenvalue weighted by atomic mass is 32.1. The number of hydrogen-bond acceptors (Lipinski definition) is 5. The van der Waals surface area contributed by atoms with Gasteiger partial charge in [-0.2, -0.15) is 0 Å². The lowest BCUT2D eigenvalue weighted by molar-refractivity contribution is 0.668. The van der Waals surface area contributed by atoms with Crippen LogP contribution in [0.25, 0.3) is 115 Å². The van der Waals surface area contributed by atoms with E-state index < -0.39 is 0 Å². The van der Waals surface area contributed by atoms with Crippen LogP contribution in [0.5, 0.6) is 0 Å². The van der Waals surface area contributed by atoms with E-state index in [-0.39, 0.29) is 0 Å². The van der Waals surface area contributed by atoms with Gasteiger partial charge >= 0.3 is 0 Å². The number of benzene rings is 8. The van der Waals surface area contributed by atoms with E-state index in [1.165, 1.54) is 42.8 Å². The van der Waals surface area contributed by atoms with Crippen molar-refractivity contribution >= 4 is 75.3 Å². The van der Waals surface area contributed by atoms with E-state index in [1.54, 1.807) is 11.3 Å². The lowest BCUT2D eigenvalue weighted by Crippen LogP contribution is -2.00. The molecule has 0 fully saturated rings. The van der Waals surface area contributed by atoms with Crippen molar-refractivity contribution in [1.29, 1.82) is 0 Å². The lowest BCUT2D eigenvalue weighted by Gasteiger charge is -2.09. The number of aromatic nitrogens is 4. The quantitative estimate of drug-likeness (QED) is 0.176. The van der Waals surface area contributed by atoms with Crippen molar-refractivity contribution in [2.75, 3.05) is 0 Å². The summed E-state index contributed by atoms with van der Waals surface area (Å²) in [5, 5.41) is 7.08. The third-order valence-corrected chi connectivity index (χ3v) is 12.4. The molecule has 12 rings (SSSR count). The molecule has 0 aliphatic carbocycles. The highest BCUT2D eigenvalue weighted by Gasteiger charge is 2.19. The van der Waals surface area contributed by atoms with Gasteiger partial charge < -0.3 is 8.98 Å². The van der Waals surface area contributed by atoms with E-state index in [0.29, 0.717) is 17.5 Å². The van der Waals surface area contributed by atoms with Crippen LogP contribution in [0.15, 0.2) is 186 Å². The van der Waals surface area contributed by atoms with Gasteiger partial charge in [0, 0.05) is 70.2 Å². The normalized spacial score (nSPS) is 11.9. The minimum absolute atomic E-state index is 0.654. The molecule has 0 spiro atoms. The molecule has 0 aliphatic rings. The maximum atomic E-state index is 6.56. The Morgan fingerprint density at radius 1 is 0.368 bits per heavy atom. The molecule has 266 valence electrons. The molecule has 0 radical (unpaired) electrons. The number of para-hydroxylation sites is 2. The molecule has 0 N–H and O–H groups in total. The maximum absolute atomic E-state index is 6.56. The second kappa shape index (κ2) is 12.6. The van der Waals surface area contributed by atoms with Gasteiger partial charge in [0.1, 0.15) is 11.2 Å². The van der Waals surface area contributed by atoms with E-state index in [9.17, 15) is 0 Å². The van der Waals surface area contributed by atoms with Crippen LogP contribution >= 0.6 is 11.3 Å². The highest BCUT2D eigenvalue weighted by molar-refractivity contribution is 7.26. The standard InChI is InChI=1S/C51H30N4OS/c1-3-13-31(14-4-1)49-52-50(32-15-5-2-6-16-32)54-51(53-49)41-22-12-21-40-39-20-11-19-35(47(39)57-48(40)41)33-25-28-45-42(29-33)38-27-26-34(30-46(38)56-45)55-43-23-9-7-17-36(43)37-18-8-10-24-44(37)55/h1-30H. The van der Waals surface area contributed by atoms with Crippen LogP contribution in [-0.2, 0) is 0 Å². The summed E-state index contributed by atoms with van der Waals surface area (Å²) in [4.78, 5) is 15.1. The van der Waals surface area contributed by atoms with Crippen LogP contribution in [0.1, 0.15) is 0 Å². The summed E-state index contributed by atoms with van der Waals surface area (Å²) in [6.07, 6.45) is 0. The molecule has 0 aliphatic heterocycles.